The van der Waals surface area contributed by atoms with E-state index in [9.17, 15) is 9.59 Å². The first-order chi connectivity index (χ1) is 10.1. The normalized spacial score (nSPS) is 16.0. The first kappa shape index (κ1) is 17.9. The van der Waals surface area contributed by atoms with Crippen molar-refractivity contribution in [3.63, 3.8) is 0 Å². The number of unbranched alkanes of at least 4 members (excludes halogenated alkanes) is 2. The zero-order valence-corrected chi connectivity index (χ0v) is 13.0. The van der Waals surface area contributed by atoms with Crippen molar-refractivity contribution in [2.75, 3.05) is 32.8 Å². The van der Waals surface area contributed by atoms with Gasteiger partial charge in [-0.05, 0) is 25.7 Å². The largest absolute Gasteiger partial charge is 0.394 e. The predicted molar refractivity (Wildman–Crippen MR) is 79.8 cm³/mol. The summed E-state index contributed by atoms with van der Waals surface area (Å²) < 4.78 is 5.48. The van der Waals surface area contributed by atoms with Crippen LogP contribution in [0.4, 0.5) is 0 Å². The highest BCUT2D eigenvalue weighted by Gasteiger charge is 2.22. The summed E-state index contributed by atoms with van der Waals surface area (Å²) in [4.78, 5) is 24.6. The Bertz CT molecular complexity index is 315. The Hall–Kier alpha value is -1.14. The van der Waals surface area contributed by atoms with Crippen LogP contribution >= 0.6 is 0 Å². The van der Waals surface area contributed by atoms with Gasteiger partial charge in [0.25, 0.3) is 0 Å². The van der Waals surface area contributed by atoms with Gasteiger partial charge >= 0.3 is 0 Å². The standard InChI is InChI=1S/C15H28N2O4/c1-13(19)16-8-4-2-3-5-15(20)17-9-6-14(7-10-17)21-12-11-18/h14,18H,2-12H2,1H3,(H,16,19). The Labute approximate surface area is 126 Å². The number of ether oxygens (including phenoxy) is 1. The zero-order chi connectivity index (χ0) is 15.5. The van der Waals surface area contributed by atoms with Crippen molar-refractivity contribution in [2.45, 2.75) is 51.6 Å². The van der Waals surface area contributed by atoms with Gasteiger partial charge < -0.3 is 20.1 Å². The minimum atomic E-state index is -0.00244. The Morgan fingerprint density at radius 2 is 1.95 bits per heavy atom. The summed E-state index contributed by atoms with van der Waals surface area (Å²) in [5.74, 6) is 0.215. The summed E-state index contributed by atoms with van der Waals surface area (Å²) in [6.45, 7) is 4.14. The van der Waals surface area contributed by atoms with Crippen LogP contribution in [0.3, 0.4) is 0 Å². The van der Waals surface area contributed by atoms with E-state index in [1.165, 1.54) is 6.92 Å². The second-order valence-corrected chi connectivity index (χ2v) is 5.47. The summed E-state index contributed by atoms with van der Waals surface area (Å²) in [7, 11) is 0. The maximum absolute atomic E-state index is 12.0. The Kier molecular flexibility index (Phi) is 9.01. The highest BCUT2D eigenvalue weighted by atomic mass is 16.5. The van der Waals surface area contributed by atoms with E-state index in [0.29, 0.717) is 19.6 Å². The number of aliphatic hydroxyl groups excluding tert-OH is 1. The quantitative estimate of drug-likeness (QED) is 0.614. The second kappa shape index (κ2) is 10.6. The maximum atomic E-state index is 12.0. The van der Waals surface area contributed by atoms with E-state index >= 15 is 0 Å². The van der Waals surface area contributed by atoms with Crippen molar-refractivity contribution < 1.29 is 19.4 Å². The minimum absolute atomic E-state index is 0.00244. The Balaban J connectivity index is 2.04. The monoisotopic (exact) mass is 300 g/mol. The number of amides is 2. The summed E-state index contributed by atoms with van der Waals surface area (Å²) in [5, 5.41) is 11.5. The number of hydrogen-bond acceptors (Lipinski definition) is 4. The van der Waals surface area contributed by atoms with Crippen LogP contribution in [0.15, 0.2) is 0 Å². The van der Waals surface area contributed by atoms with Gasteiger partial charge in [0, 0.05) is 33.0 Å². The van der Waals surface area contributed by atoms with Crippen LogP contribution < -0.4 is 5.32 Å². The lowest BCUT2D eigenvalue weighted by atomic mass is 10.1. The molecule has 1 aliphatic rings. The molecular weight excluding hydrogens is 272 g/mol. The van der Waals surface area contributed by atoms with Crippen molar-refractivity contribution >= 4 is 11.8 Å². The average molecular weight is 300 g/mol. The lowest BCUT2D eigenvalue weighted by molar-refractivity contribution is -0.134. The van der Waals surface area contributed by atoms with Crippen LogP contribution in [0.2, 0.25) is 0 Å². The number of aliphatic hydroxyl groups is 1. The van der Waals surface area contributed by atoms with Crippen molar-refractivity contribution in [1.29, 1.82) is 0 Å². The van der Waals surface area contributed by atoms with Crippen molar-refractivity contribution in [3.05, 3.63) is 0 Å². The number of carbonyl (C=O) groups is 2. The van der Waals surface area contributed by atoms with E-state index in [0.717, 1.165) is 45.2 Å². The third-order valence-corrected chi connectivity index (χ3v) is 3.68. The summed E-state index contributed by atoms with van der Waals surface area (Å²) >= 11 is 0. The predicted octanol–water partition coefficient (Wildman–Crippen LogP) is 0.683. The molecule has 1 rings (SSSR count). The van der Waals surface area contributed by atoms with Gasteiger partial charge in [-0.3, -0.25) is 9.59 Å². The molecule has 6 nitrogen and oxygen atoms in total. The van der Waals surface area contributed by atoms with E-state index in [2.05, 4.69) is 5.32 Å². The van der Waals surface area contributed by atoms with Gasteiger partial charge in [0.2, 0.25) is 11.8 Å². The van der Waals surface area contributed by atoms with Gasteiger partial charge in [-0.25, -0.2) is 0 Å². The van der Waals surface area contributed by atoms with Crippen LogP contribution in [0.5, 0.6) is 0 Å². The molecule has 21 heavy (non-hydrogen) atoms. The Morgan fingerprint density at radius 3 is 2.57 bits per heavy atom. The number of likely N-dealkylation sites (tertiary alicyclic amines) is 1. The molecule has 122 valence electrons. The first-order valence-corrected chi connectivity index (χ1v) is 7.88. The van der Waals surface area contributed by atoms with Gasteiger partial charge in [-0.15, -0.1) is 0 Å². The fraction of sp³-hybridized carbons (Fsp3) is 0.867. The van der Waals surface area contributed by atoms with Gasteiger partial charge in [-0.1, -0.05) is 6.42 Å². The van der Waals surface area contributed by atoms with E-state index in [-0.39, 0.29) is 24.5 Å². The smallest absolute Gasteiger partial charge is 0.222 e. The van der Waals surface area contributed by atoms with E-state index < -0.39 is 0 Å². The third-order valence-electron chi connectivity index (χ3n) is 3.68. The van der Waals surface area contributed by atoms with E-state index in [4.69, 9.17) is 9.84 Å². The molecule has 0 radical (unpaired) electrons. The molecule has 0 atom stereocenters. The van der Waals surface area contributed by atoms with Gasteiger partial charge in [0.1, 0.15) is 0 Å². The molecule has 0 aromatic carbocycles. The molecule has 0 aromatic rings. The molecule has 0 spiro atoms. The molecule has 2 amide bonds. The molecule has 0 bridgehead atoms. The Morgan fingerprint density at radius 1 is 1.24 bits per heavy atom. The molecule has 1 fully saturated rings. The first-order valence-electron chi connectivity index (χ1n) is 7.88. The lowest BCUT2D eigenvalue weighted by Crippen LogP contribution is -2.41. The average Bonchev–Trinajstić information content (AvgIpc) is 2.48. The van der Waals surface area contributed by atoms with Crippen LogP contribution in [0.25, 0.3) is 0 Å². The lowest BCUT2D eigenvalue weighted by Gasteiger charge is -2.32. The van der Waals surface area contributed by atoms with E-state index in [1.54, 1.807) is 0 Å². The van der Waals surface area contributed by atoms with Crippen molar-refractivity contribution in [3.8, 4) is 0 Å². The van der Waals surface area contributed by atoms with Crippen LogP contribution in [-0.2, 0) is 14.3 Å². The van der Waals surface area contributed by atoms with Crippen molar-refractivity contribution in [1.82, 2.24) is 10.2 Å². The summed E-state index contributed by atoms with van der Waals surface area (Å²) in [5.41, 5.74) is 0. The van der Waals surface area contributed by atoms with Crippen LogP contribution in [-0.4, -0.2) is 60.8 Å². The number of piperidine rings is 1. The molecule has 2 N–H and O–H groups in total. The molecule has 1 saturated heterocycles. The third kappa shape index (κ3) is 8.02. The maximum Gasteiger partial charge on any atom is 0.222 e. The second-order valence-electron chi connectivity index (χ2n) is 5.47. The zero-order valence-electron chi connectivity index (χ0n) is 13.0. The number of nitrogens with zero attached hydrogens (tertiary/aromatic N) is 1. The molecule has 0 unspecified atom stereocenters. The fourth-order valence-corrected chi connectivity index (χ4v) is 2.49. The van der Waals surface area contributed by atoms with Crippen molar-refractivity contribution in [2.24, 2.45) is 0 Å². The highest BCUT2D eigenvalue weighted by Crippen LogP contribution is 2.15. The molecule has 0 aliphatic carbocycles. The van der Waals surface area contributed by atoms with Crippen LogP contribution in [0, 0.1) is 0 Å². The van der Waals surface area contributed by atoms with Gasteiger partial charge in [0.05, 0.1) is 19.3 Å². The van der Waals surface area contributed by atoms with Gasteiger partial charge in [0.15, 0.2) is 0 Å². The topological polar surface area (TPSA) is 78.9 Å². The molecule has 0 aromatic heterocycles. The fourth-order valence-electron chi connectivity index (χ4n) is 2.49. The number of rotatable bonds is 9. The molecular formula is C15H28N2O4. The SMILES string of the molecule is CC(=O)NCCCCCC(=O)N1CCC(OCCO)CC1. The minimum Gasteiger partial charge on any atom is -0.394 e. The van der Waals surface area contributed by atoms with Crippen LogP contribution in [0.1, 0.15) is 45.4 Å². The highest BCUT2D eigenvalue weighted by molar-refractivity contribution is 5.76. The summed E-state index contributed by atoms with van der Waals surface area (Å²) in [6, 6.07) is 0. The van der Waals surface area contributed by atoms with E-state index in [1.807, 2.05) is 4.90 Å². The molecule has 1 heterocycles. The summed E-state index contributed by atoms with van der Waals surface area (Å²) in [6.07, 6.45) is 5.23. The number of nitrogens with one attached hydrogen (secondary N) is 1. The number of hydrogen-bond donors (Lipinski definition) is 2. The van der Waals surface area contributed by atoms with Gasteiger partial charge in [-0.2, -0.15) is 0 Å². The molecule has 6 heteroatoms. The molecule has 0 saturated carbocycles. The number of carbonyl (C=O) groups excluding carboxylic acids is 2. The molecule has 1 aliphatic heterocycles.